The highest BCUT2D eigenvalue weighted by Gasteiger charge is 2.43. The summed E-state index contributed by atoms with van der Waals surface area (Å²) in [6.45, 7) is 2.42. The van der Waals surface area contributed by atoms with E-state index in [0.29, 0.717) is 0 Å². The van der Waals surface area contributed by atoms with Crippen LogP contribution in [0.2, 0.25) is 0 Å². The van der Waals surface area contributed by atoms with E-state index >= 15 is 0 Å². The minimum Gasteiger partial charge on any atom is -0.0667 e. The SMILES string of the molecule is CC1CC2=C1C1CCCC2C1. The summed E-state index contributed by atoms with van der Waals surface area (Å²) >= 11 is 0. The first kappa shape index (κ1) is 6.28. The first-order valence-corrected chi connectivity index (χ1v) is 5.09. The molecule has 2 bridgehead atoms. The monoisotopic (exact) mass is 148 g/mol. The zero-order valence-corrected chi connectivity index (χ0v) is 7.27. The van der Waals surface area contributed by atoms with Crippen LogP contribution in [0.1, 0.15) is 39.0 Å². The van der Waals surface area contributed by atoms with Gasteiger partial charge in [0, 0.05) is 0 Å². The van der Waals surface area contributed by atoms with Crippen molar-refractivity contribution in [2.24, 2.45) is 17.8 Å². The maximum Gasteiger partial charge on any atom is -0.0189 e. The molecule has 3 unspecified atom stereocenters. The van der Waals surface area contributed by atoms with E-state index in [1.54, 1.807) is 0 Å². The summed E-state index contributed by atoms with van der Waals surface area (Å²) in [5.74, 6) is 3.07. The summed E-state index contributed by atoms with van der Waals surface area (Å²) in [7, 11) is 0. The number of rotatable bonds is 0. The molecule has 3 aliphatic carbocycles. The molecule has 1 fully saturated rings. The molecule has 0 spiro atoms. The van der Waals surface area contributed by atoms with Crippen molar-refractivity contribution in [3.8, 4) is 0 Å². The average Bonchev–Trinajstić information content (AvgIpc) is 2.18. The summed E-state index contributed by atoms with van der Waals surface area (Å²) in [6.07, 6.45) is 7.53. The molecule has 0 heteroatoms. The Morgan fingerprint density at radius 1 is 1.18 bits per heavy atom. The molecule has 3 aliphatic rings. The van der Waals surface area contributed by atoms with Gasteiger partial charge in [0.2, 0.25) is 0 Å². The Labute approximate surface area is 68.7 Å². The second-order valence-corrected chi connectivity index (χ2v) is 4.65. The topological polar surface area (TPSA) is 0 Å². The van der Waals surface area contributed by atoms with Crippen LogP contribution < -0.4 is 0 Å². The molecule has 0 saturated heterocycles. The molecular formula is C11H16. The fourth-order valence-corrected chi connectivity index (χ4v) is 3.60. The van der Waals surface area contributed by atoms with Gasteiger partial charge in [0.1, 0.15) is 0 Å². The molecule has 0 amide bonds. The molecule has 0 aromatic rings. The van der Waals surface area contributed by atoms with Crippen molar-refractivity contribution in [2.75, 3.05) is 0 Å². The summed E-state index contributed by atoms with van der Waals surface area (Å²) in [5.41, 5.74) is 3.81. The third kappa shape index (κ3) is 0.660. The maximum atomic E-state index is 2.42. The fraction of sp³-hybridized carbons (Fsp3) is 0.818. The zero-order chi connectivity index (χ0) is 7.42. The lowest BCUT2D eigenvalue weighted by molar-refractivity contribution is 0.371. The van der Waals surface area contributed by atoms with Gasteiger partial charge in [-0.3, -0.25) is 0 Å². The van der Waals surface area contributed by atoms with Gasteiger partial charge in [-0.25, -0.2) is 0 Å². The molecule has 3 atom stereocenters. The van der Waals surface area contributed by atoms with Crippen molar-refractivity contribution in [3.63, 3.8) is 0 Å². The van der Waals surface area contributed by atoms with Crippen LogP contribution in [0.25, 0.3) is 0 Å². The van der Waals surface area contributed by atoms with Gasteiger partial charge in [-0.1, -0.05) is 24.5 Å². The lowest BCUT2D eigenvalue weighted by atomic mass is 9.76. The van der Waals surface area contributed by atoms with Crippen LogP contribution >= 0.6 is 0 Å². The smallest absolute Gasteiger partial charge is 0.0189 e. The van der Waals surface area contributed by atoms with Crippen molar-refractivity contribution < 1.29 is 0 Å². The summed E-state index contributed by atoms with van der Waals surface area (Å²) in [5, 5.41) is 0. The Bertz CT molecular complexity index is 224. The van der Waals surface area contributed by atoms with Gasteiger partial charge < -0.3 is 0 Å². The number of allylic oxidation sites excluding steroid dienone is 2. The second kappa shape index (κ2) is 1.91. The molecule has 0 N–H and O–H groups in total. The molecule has 0 aliphatic heterocycles. The molecular weight excluding hydrogens is 132 g/mol. The van der Waals surface area contributed by atoms with Gasteiger partial charge >= 0.3 is 0 Å². The van der Waals surface area contributed by atoms with E-state index in [9.17, 15) is 0 Å². The molecule has 0 aromatic carbocycles. The highest BCUT2D eigenvalue weighted by molar-refractivity contribution is 5.37. The van der Waals surface area contributed by atoms with Crippen LogP contribution in [0.4, 0.5) is 0 Å². The standard InChI is InChI=1S/C11H16/c1-7-5-10-8-3-2-4-9(6-8)11(7)10/h7-9H,2-6H2,1H3. The van der Waals surface area contributed by atoms with Crippen LogP contribution in [0.5, 0.6) is 0 Å². The third-order valence-corrected chi connectivity index (χ3v) is 4.03. The normalized spacial score (nSPS) is 47.2. The largest absolute Gasteiger partial charge is 0.0667 e. The van der Waals surface area contributed by atoms with Gasteiger partial charge in [-0.15, -0.1) is 0 Å². The second-order valence-electron chi connectivity index (χ2n) is 4.65. The van der Waals surface area contributed by atoms with E-state index in [-0.39, 0.29) is 0 Å². The van der Waals surface area contributed by atoms with E-state index in [1.165, 1.54) is 32.1 Å². The third-order valence-electron chi connectivity index (χ3n) is 4.03. The van der Waals surface area contributed by atoms with Crippen molar-refractivity contribution in [1.82, 2.24) is 0 Å². The minimum atomic E-state index is 0.970. The fourth-order valence-electron chi connectivity index (χ4n) is 3.60. The van der Waals surface area contributed by atoms with Gasteiger partial charge in [-0.2, -0.15) is 0 Å². The summed E-state index contributed by atoms with van der Waals surface area (Å²) in [6, 6.07) is 0. The summed E-state index contributed by atoms with van der Waals surface area (Å²) in [4.78, 5) is 0. The van der Waals surface area contributed by atoms with Gasteiger partial charge in [0.25, 0.3) is 0 Å². The van der Waals surface area contributed by atoms with Crippen molar-refractivity contribution in [2.45, 2.75) is 39.0 Å². The van der Waals surface area contributed by atoms with E-state index in [1.807, 2.05) is 11.1 Å². The summed E-state index contributed by atoms with van der Waals surface area (Å²) < 4.78 is 0. The molecule has 0 aromatic heterocycles. The first-order chi connectivity index (χ1) is 5.36. The van der Waals surface area contributed by atoms with Crippen LogP contribution in [0.3, 0.4) is 0 Å². The van der Waals surface area contributed by atoms with Gasteiger partial charge in [0.05, 0.1) is 0 Å². The maximum absolute atomic E-state index is 2.42. The molecule has 0 nitrogen and oxygen atoms in total. The number of hydrogen-bond donors (Lipinski definition) is 0. The highest BCUT2D eigenvalue weighted by atomic mass is 14.5. The Kier molecular flexibility index (Phi) is 1.09. The van der Waals surface area contributed by atoms with Crippen LogP contribution in [-0.4, -0.2) is 0 Å². The predicted octanol–water partition coefficient (Wildman–Crippen LogP) is 3.14. The Hall–Kier alpha value is -0.260. The van der Waals surface area contributed by atoms with Gasteiger partial charge in [0.15, 0.2) is 0 Å². The zero-order valence-electron chi connectivity index (χ0n) is 7.27. The quantitative estimate of drug-likeness (QED) is 0.463. The van der Waals surface area contributed by atoms with E-state index in [0.717, 1.165) is 17.8 Å². The average molecular weight is 148 g/mol. The minimum absolute atomic E-state index is 0.970. The number of hydrogen-bond acceptors (Lipinski definition) is 0. The van der Waals surface area contributed by atoms with Gasteiger partial charge in [-0.05, 0) is 43.4 Å². The molecule has 11 heavy (non-hydrogen) atoms. The molecule has 0 radical (unpaired) electrons. The van der Waals surface area contributed by atoms with Crippen LogP contribution in [-0.2, 0) is 0 Å². The Morgan fingerprint density at radius 3 is 2.82 bits per heavy atom. The van der Waals surface area contributed by atoms with Crippen LogP contribution in [0.15, 0.2) is 11.1 Å². The molecule has 60 valence electrons. The number of fused-ring (bicyclic) bond motifs is 4. The molecule has 0 heterocycles. The van der Waals surface area contributed by atoms with E-state index in [4.69, 9.17) is 0 Å². The van der Waals surface area contributed by atoms with E-state index in [2.05, 4.69) is 6.92 Å². The lowest BCUT2D eigenvalue weighted by Crippen LogP contribution is -2.16. The molecule has 1 saturated carbocycles. The van der Waals surface area contributed by atoms with Crippen LogP contribution in [0, 0.1) is 17.8 Å². The van der Waals surface area contributed by atoms with Crippen molar-refractivity contribution in [3.05, 3.63) is 11.1 Å². The highest BCUT2D eigenvalue weighted by Crippen LogP contribution is 2.56. The molecule has 3 rings (SSSR count). The lowest BCUT2D eigenvalue weighted by Gasteiger charge is -2.29. The predicted molar refractivity (Wildman–Crippen MR) is 46.3 cm³/mol. The first-order valence-electron chi connectivity index (χ1n) is 5.09. The van der Waals surface area contributed by atoms with Crippen molar-refractivity contribution >= 4 is 0 Å². The van der Waals surface area contributed by atoms with E-state index < -0.39 is 0 Å². The van der Waals surface area contributed by atoms with Crippen molar-refractivity contribution in [1.29, 1.82) is 0 Å². The Morgan fingerprint density at radius 2 is 2.00 bits per heavy atom. The Balaban J connectivity index is 1.99.